The Morgan fingerprint density at radius 3 is 2.48 bits per heavy atom. The molecule has 8 rings (SSSR count). The fourth-order valence-corrected chi connectivity index (χ4v) is 13.8. The van der Waals surface area contributed by atoms with E-state index in [-0.39, 0.29) is 48.5 Å². The van der Waals surface area contributed by atoms with Gasteiger partial charge < -0.3 is 24.2 Å². The Bertz CT molecular complexity index is 2480. The number of carbonyl (C=O) groups is 3. The number of nitro benzene ring substituents is 1. The molecule has 3 aliphatic rings. The topological polar surface area (TPSA) is 179 Å². The summed E-state index contributed by atoms with van der Waals surface area (Å²) in [6.07, 6.45) is 1.16. The summed E-state index contributed by atoms with van der Waals surface area (Å²) in [5.41, 5.74) is 1.82. The fourth-order valence-electron chi connectivity index (χ4n) is 9.71. The van der Waals surface area contributed by atoms with Gasteiger partial charge >= 0.3 is 5.97 Å². The quantitative estimate of drug-likeness (QED) is 0.0470. The highest BCUT2D eigenvalue weighted by atomic mass is 28.3. The van der Waals surface area contributed by atoms with Gasteiger partial charge in [-0.1, -0.05) is 85.0 Å². The van der Waals surface area contributed by atoms with Crippen molar-refractivity contribution in [3.8, 4) is 5.75 Å². The average Bonchev–Trinajstić information content (AvgIpc) is 3.90. The van der Waals surface area contributed by atoms with Crippen molar-refractivity contribution in [1.82, 2.24) is 15.0 Å². The molecule has 6 atom stereocenters. The summed E-state index contributed by atoms with van der Waals surface area (Å²) in [4.78, 5) is 54.7. The van der Waals surface area contributed by atoms with Crippen LogP contribution in [-0.2, 0) is 42.5 Å². The smallest absolute Gasteiger partial charge is 0.304 e. The van der Waals surface area contributed by atoms with Crippen LogP contribution in [0.15, 0.2) is 103 Å². The zero-order chi connectivity index (χ0) is 43.2. The minimum absolute atomic E-state index is 0.0752. The molecular weight excluding hydrogens is 797 g/mol. The van der Waals surface area contributed by atoms with Gasteiger partial charge in [-0.25, -0.2) is 0 Å². The number of fused-ring (bicyclic) bond motifs is 2. The molecule has 1 aromatic heterocycles. The third kappa shape index (κ3) is 7.38. The highest BCUT2D eigenvalue weighted by molar-refractivity contribution is 6.91. The van der Waals surface area contributed by atoms with Crippen LogP contribution in [0.2, 0.25) is 18.6 Å². The molecule has 0 bridgehead atoms. The standard InChI is InChI=1S/C45H48N6O9Si/c1-28-43(61(4,5)35-17-15-34(58-3)16-18-35)40(20-21-48-26-38(46-47-48)36(27-52)31-11-7-6-8-12-31)60-45(28)37-23-33(51(56)57)14-19-39(37)49(44(45)55)25-30-10-9-13-32(22-30)50-41(54)24-42(50)59-29(2)53/h6-19,22-23,26,28,36,40,42-43,52H,20-21,24-25,27H2,1-5H3/t28-,36?,40+,42?,43-,45+/m0/s1. The number of nitro groups is 1. The summed E-state index contributed by atoms with van der Waals surface area (Å²) in [6, 6.07) is 29.3. The summed E-state index contributed by atoms with van der Waals surface area (Å²) in [5.74, 6) is -1.09. The van der Waals surface area contributed by atoms with Gasteiger partial charge in [0.2, 0.25) is 5.91 Å². The summed E-state index contributed by atoms with van der Waals surface area (Å²) in [7, 11) is -0.942. The second-order valence-electron chi connectivity index (χ2n) is 16.5. The van der Waals surface area contributed by atoms with Gasteiger partial charge in [-0.15, -0.1) is 5.10 Å². The molecule has 2 fully saturated rings. The molecule has 2 saturated heterocycles. The number of ether oxygens (including phenoxy) is 3. The monoisotopic (exact) mass is 844 g/mol. The number of β-lactam (4-membered cyclic amide) rings is 1. The molecule has 16 heteroatoms. The van der Waals surface area contributed by atoms with Gasteiger partial charge in [0.05, 0.1) is 63.1 Å². The number of rotatable bonds is 14. The van der Waals surface area contributed by atoms with Crippen molar-refractivity contribution in [2.24, 2.45) is 5.92 Å². The highest BCUT2D eigenvalue weighted by Crippen LogP contribution is 2.60. The Labute approximate surface area is 354 Å². The molecule has 1 spiro atoms. The van der Waals surface area contributed by atoms with Crippen LogP contribution < -0.4 is 19.7 Å². The van der Waals surface area contributed by atoms with Crippen LogP contribution >= 0.6 is 0 Å². The maximum Gasteiger partial charge on any atom is 0.304 e. The Balaban J connectivity index is 1.16. The number of aromatic nitrogens is 3. The highest BCUT2D eigenvalue weighted by Gasteiger charge is 2.66. The second-order valence-corrected chi connectivity index (χ2v) is 21.2. The zero-order valence-corrected chi connectivity index (χ0v) is 35.6. The Morgan fingerprint density at radius 1 is 1.05 bits per heavy atom. The second kappa shape index (κ2) is 16.3. The lowest BCUT2D eigenvalue weighted by Crippen LogP contribution is -2.54. The van der Waals surface area contributed by atoms with Gasteiger partial charge in [0, 0.05) is 49.0 Å². The minimum Gasteiger partial charge on any atom is -0.497 e. The number of methoxy groups -OCH3 is 1. The number of aliphatic hydroxyl groups is 1. The summed E-state index contributed by atoms with van der Waals surface area (Å²) >= 11 is 0. The van der Waals surface area contributed by atoms with Crippen LogP contribution in [-0.4, -0.2) is 76.9 Å². The number of aliphatic hydroxyl groups excluding tert-OH is 1. The molecule has 5 aromatic rings. The van der Waals surface area contributed by atoms with Crippen LogP contribution in [0.25, 0.3) is 0 Å². The third-order valence-corrected chi connectivity index (χ3v) is 17.1. The normalized spacial score (nSPS) is 22.6. The van der Waals surface area contributed by atoms with E-state index in [2.05, 4.69) is 35.5 Å². The fraction of sp³-hybridized carbons (Fsp3) is 0.356. The number of amides is 2. The average molecular weight is 845 g/mol. The van der Waals surface area contributed by atoms with Crippen molar-refractivity contribution in [3.05, 3.63) is 136 Å². The molecule has 4 aromatic carbocycles. The summed E-state index contributed by atoms with van der Waals surface area (Å²) < 4.78 is 19.8. The lowest BCUT2D eigenvalue weighted by molar-refractivity contribution is -0.385. The van der Waals surface area contributed by atoms with Gasteiger partial charge in [0.15, 0.2) is 11.8 Å². The maximum atomic E-state index is 15.4. The number of carbonyl (C=O) groups excluding carboxylic acids is 3. The molecule has 0 saturated carbocycles. The van der Waals surface area contributed by atoms with E-state index < -0.39 is 42.8 Å². The lowest BCUT2D eigenvalue weighted by Gasteiger charge is -2.39. The summed E-state index contributed by atoms with van der Waals surface area (Å²) in [5, 5.41) is 32.6. The van der Waals surface area contributed by atoms with E-state index >= 15 is 4.79 Å². The molecule has 0 radical (unpaired) electrons. The molecule has 1 N–H and O–H groups in total. The predicted octanol–water partition coefficient (Wildman–Crippen LogP) is 5.80. The Kier molecular flexibility index (Phi) is 11.1. The first-order valence-corrected chi connectivity index (χ1v) is 23.4. The van der Waals surface area contributed by atoms with E-state index in [1.165, 1.54) is 24.0 Å². The van der Waals surface area contributed by atoms with Crippen LogP contribution in [0, 0.1) is 16.0 Å². The van der Waals surface area contributed by atoms with Crippen molar-refractivity contribution in [2.75, 3.05) is 23.5 Å². The van der Waals surface area contributed by atoms with E-state index in [9.17, 15) is 24.8 Å². The first kappa shape index (κ1) is 41.5. The van der Waals surface area contributed by atoms with Gasteiger partial charge in [-0.2, -0.15) is 0 Å². The molecule has 2 amide bonds. The first-order valence-electron chi connectivity index (χ1n) is 20.3. The Morgan fingerprint density at radius 2 is 1.80 bits per heavy atom. The molecule has 15 nitrogen and oxygen atoms in total. The first-order chi connectivity index (χ1) is 29.3. The maximum absolute atomic E-state index is 15.4. The van der Waals surface area contributed by atoms with Crippen molar-refractivity contribution in [1.29, 1.82) is 0 Å². The lowest BCUT2D eigenvalue weighted by atomic mass is 9.82. The summed E-state index contributed by atoms with van der Waals surface area (Å²) in [6.45, 7) is 8.19. The van der Waals surface area contributed by atoms with Gasteiger partial charge in [0.1, 0.15) is 5.75 Å². The van der Waals surface area contributed by atoms with Crippen LogP contribution in [0.1, 0.15) is 55.0 Å². The van der Waals surface area contributed by atoms with Crippen LogP contribution in [0.4, 0.5) is 17.1 Å². The minimum atomic E-state index is -2.56. The molecule has 4 heterocycles. The zero-order valence-electron chi connectivity index (χ0n) is 34.6. The van der Waals surface area contributed by atoms with E-state index in [1.807, 2.05) is 61.7 Å². The number of aryl methyl sites for hydroxylation is 1. The number of esters is 1. The van der Waals surface area contributed by atoms with E-state index in [4.69, 9.17) is 14.2 Å². The van der Waals surface area contributed by atoms with Gasteiger partial charge in [-0.3, -0.25) is 34.1 Å². The third-order valence-electron chi connectivity index (χ3n) is 12.7. The number of anilines is 2. The van der Waals surface area contributed by atoms with Crippen LogP contribution in [0.5, 0.6) is 5.75 Å². The molecular formula is C45H48N6O9Si. The van der Waals surface area contributed by atoms with Crippen LogP contribution in [0.3, 0.4) is 0 Å². The molecule has 316 valence electrons. The number of nitrogens with zero attached hydrogens (tertiary/aromatic N) is 6. The number of benzene rings is 4. The van der Waals surface area contributed by atoms with E-state index in [0.717, 1.165) is 16.5 Å². The largest absolute Gasteiger partial charge is 0.497 e. The van der Waals surface area contributed by atoms with Crippen molar-refractivity contribution < 1.29 is 38.6 Å². The van der Waals surface area contributed by atoms with E-state index in [1.54, 1.807) is 41.0 Å². The van der Waals surface area contributed by atoms with Crippen molar-refractivity contribution in [3.63, 3.8) is 0 Å². The number of non-ortho nitro benzene ring substituents is 1. The van der Waals surface area contributed by atoms with Gasteiger partial charge in [0.25, 0.3) is 11.6 Å². The predicted molar refractivity (Wildman–Crippen MR) is 228 cm³/mol. The number of hydrogen-bond acceptors (Lipinski definition) is 11. The number of hydrogen-bond donors (Lipinski definition) is 1. The van der Waals surface area contributed by atoms with Crippen molar-refractivity contribution in [2.45, 2.75) is 82.3 Å². The molecule has 61 heavy (non-hydrogen) atoms. The van der Waals surface area contributed by atoms with Crippen molar-refractivity contribution >= 4 is 48.1 Å². The Hall–Kier alpha value is -6.23. The molecule has 0 aliphatic carbocycles. The van der Waals surface area contributed by atoms with E-state index in [0.29, 0.717) is 41.2 Å². The van der Waals surface area contributed by atoms with Gasteiger partial charge in [-0.05, 0) is 53.4 Å². The SMILES string of the molecule is COc1ccc([Si](C)(C)[C@@H]2[C@@H](CCn3cc(C(CO)c4ccccc4)nn3)O[C@]3(C(=O)N(Cc4cccc(N5C(=O)CC5OC(C)=O)c4)c4ccc([N+](=O)[O-])cc43)[C@H]2C)cc1. The molecule has 2 unspecified atom stereocenters. The molecule has 3 aliphatic heterocycles.